The number of ketones is 1. The molecule has 1 fully saturated rings. The van der Waals surface area contributed by atoms with Gasteiger partial charge < -0.3 is 20.6 Å². The summed E-state index contributed by atoms with van der Waals surface area (Å²) < 4.78 is 0. The van der Waals surface area contributed by atoms with Crippen molar-refractivity contribution in [2.75, 3.05) is 78.5 Å². The molecule has 2 rings (SSSR count). The monoisotopic (exact) mass is 651 g/mol. The van der Waals surface area contributed by atoms with E-state index in [1.54, 1.807) is 14.7 Å². The Balaban J connectivity index is 0.00000486. The maximum atomic E-state index is 13.0. The van der Waals surface area contributed by atoms with Gasteiger partial charge in [-0.2, -0.15) is 0 Å². The van der Waals surface area contributed by atoms with E-state index < -0.39 is 17.9 Å². The van der Waals surface area contributed by atoms with Crippen LogP contribution in [0.15, 0.2) is 24.3 Å². The number of carbonyl (C=O) groups is 5. The quantitative estimate of drug-likeness (QED) is 0.231. The van der Waals surface area contributed by atoms with Gasteiger partial charge >= 0.3 is 17.9 Å². The molecule has 1 aliphatic rings. The normalized spacial score (nSPS) is 15.6. The van der Waals surface area contributed by atoms with E-state index in [2.05, 4.69) is 5.32 Å². The van der Waals surface area contributed by atoms with Crippen LogP contribution in [0, 0.1) is 5.92 Å². The third kappa shape index (κ3) is 19.2. The van der Waals surface area contributed by atoms with Crippen molar-refractivity contribution in [3.05, 3.63) is 35.4 Å². The van der Waals surface area contributed by atoms with Crippen molar-refractivity contribution in [3.63, 3.8) is 0 Å². The second-order valence-electron chi connectivity index (χ2n) is 11.0. The number of aryl methyl sites for hydroxylation is 1. The maximum absolute atomic E-state index is 13.0. The number of carboxylic acid groups (broad SMARTS) is 3. The lowest BCUT2D eigenvalue weighted by atomic mass is 9.98. The minimum absolute atomic E-state index is 0.0293. The number of benzene rings is 1. The summed E-state index contributed by atoms with van der Waals surface area (Å²) in [7, 11) is 0. The first-order valence-corrected chi connectivity index (χ1v) is 16.3. The van der Waals surface area contributed by atoms with Gasteiger partial charge in [-0.3, -0.25) is 43.6 Å². The molecule has 0 radical (unpaired) electrons. The van der Waals surface area contributed by atoms with Gasteiger partial charge in [-0.25, -0.2) is 0 Å². The highest BCUT2D eigenvalue weighted by Gasteiger charge is 2.21. The third-order valence-electron chi connectivity index (χ3n) is 7.25. The highest BCUT2D eigenvalue weighted by Crippen LogP contribution is 2.13. The van der Waals surface area contributed by atoms with Gasteiger partial charge in [-0.15, -0.1) is 0 Å². The van der Waals surface area contributed by atoms with Gasteiger partial charge in [-0.1, -0.05) is 65.8 Å². The fourth-order valence-corrected chi connectivity index (χ4v) is 4.76. The Kier molecular flexibility index (Phi) is 23.0. The van der Waals surface area contributed by atoms with Crippen molar-refractivity contribution in [2.24, 2.45) is 5.92 Å². The van der Waals surface area contributed by atoms with Crippen LogP contribution < -0.4 is 5.32 Å². The molecule has 1 aliphatic heterocycles. The predicted octanol–water partition coefficient (Wildman–Crippen LogP) is 1.99. The van der Waals surface area contributed by atoms with Crippen LogP contribution in [0.4, 0.5) is 0 Å². The molecule has 0 aromatic heterocycles. The summed E-state index contributed by atoms with van der Waals surface area (Å²) >= 11 is 0. The topological polar surface area (TPSA) is 171 Å². The number of Topliss-reactive ketones (excluding diaryl/α,β-unsaturated/α-hetero) is 1. The summed E-state index contributed by atoms with van der Waals surface area (Å²) in [5.41, 5.74) is 1.94. The maximum Gasteiger partial charge on any atom is 0.317 e. The molecule has 13 nitrogen and oxygen atoms in total. The van der Waals surface area contributed by atoms with Crippen LogP contribution in [0.25, 0.3) is 0 Å². The first kappa shape index (κ1) is 42.6. The zero-order chi connectivity index (χ0) is 35.1. The number of aliphatic carboxylic acids is 3. The van der Waals surface area contributed by atoms with Crippen molar-refractivity contribution in [1.82, 2.24) is 24.9 Å². The largest absolute Gasteiger partial charge is 0.480 e. The molecule has 1 aromatic carbocycles. The van der Waals surface area contributed by atoms with Crippen molar-refractivity contribution < 1.29 is 39.3 Å². The predicted molar refractivity (Wildman–Crippen MR) is 178 cm³/mol. The Morgan fingerprint density at radius 3 is 1.33 bits per heavy atom. The number of carbonyl (C=O) groups excluding carboxylic acids is 2. The van der Waals surface area contributed by atoms with E-state index in [1.807, 2.05) is 70.7 Å². The summed E-state index contributed by atoms with van der Waals surface area (Å²) in [6, 6.07) is 7.67. The Morgan fingerprint density at radius 1 is 0.630 bits per heavy atom. The number of rotatable bonds is 14. The van der Waals surface area contributed by atoms with Crippen LogP contribution in [0.3, 0.4) is 0 Å². The Bertz CT molecular complexity index is 1040. The molecule has 0 atom stereocenters. The van der Waals surface area contributed by atoms with E-state index in [9.17, 15) is 39.3 Å². The molecular formula is C33H57N5O8. The summed E-state index contributed by atoms with van der Waals surface area (Å²) in [5, 5.41) is 31.0. The average Bonchev–Trinajstić information content (AvgIpc) is 3.01. The number of carboxylic acids is 3. The van der Waals surface area contributed by atoms with Gasteiger partial charge in [0.25, 0.3) is 0 Å². The standard InChI is InChI=1S/C29H45N5O8.2C2H6/c1-22(2)25(35)8-7-23-5-3-4-6-24(23)17-30-26(36)18-31-9-11-32(19-27(37)38)13-15-34(21-29(41)42)16-14-33(12-10-31)20-28(39)40;2*1-2/h3-6,22H,7-21H2,1-2H3,(H,30,36)(H,37,38)(H,39,40)(H,41,42);2*1-2H3. The summed E-state index contributed by atoms with van der Waals surface area (Å²) in [5.74, 6) is -3.08. The minimum Gasteiger partial charge on any atom is -0.480 e. The summed E-state index contributed by atoms with van der Waals surface area (Å²) in [6.45, 7) is 14.1. The summed E-state index contributed by atoms with van der Waals surface area (Å²) in [6.07, 6.45) is 1.03. The molecule has 1 aromatic rings. The number of amides is 1. The van der Waals surface area contributed by atoms with Crippen LogP contribution in [0.2, 0.25) is 0 Å². The second kappa shape index (κ2) is 24.8. The highest BCUT2D eigenvalue weighted by molar-refractivity contribution is 5.80. The number of hydrogen-bond acceptors (Lipinski definition) is 9. The molecule has 0 spiro atoms. The Labute approximate surface area is 274 Å². The van der Waals surface area contributed by atoms with E-state index in [1.165, 1.54) is 0 Å². The van der Waals surface area contributed by atoms with Gasteiger partial charge in [0, 0.05) is 71.2 Å². The molecular weight excluding hydrogens is 594 g/mol. The summed E-state index contributed by atoms with van der Waals surface area (Å²) in [4.78, 5) is 66.4. The van der Waals surface area contributed by atoms with Crippen molar-refractivity contribution in [1.29, 1.82) is 0 Å². The van der Waals surface area contributed by atoms with E-state index >= 15 is 0 Å². The molecule has 0 aliphatic carbocycles. The second-order valence-corrected chi connectivity index (χ2v) is 11.0. The van der Waals surface area contributed by atoms with Crippen LogP contribution in [0.5, 0.6) is 0 Å². The first-order valence-electron chi connectivity index (χ1n) is 16.3. The van der Waals surface area contributed by atoms with Gasteiger partial charge in [-0.05, 0) is 17.5 Å². The Morgan fingerprint density at radius 2 is 0.978 bits per heavy atom. The molecule has 0 unspecified atom stereocenters. The molecule has 4 N–H and O–H groups in total. The molecule has 262 valence electrons. The fourth-order valence-electron chi connectivity index (χ4n) is 4.76. The molecule has 0 bridgehead atoms. The smallest absolute Gasteiger partial charge is 0.317 e. The van der Waals surface area contributed by atoms with E-state index in [0.29, 0.717) is 71.7 Å². The van der Waals surface area contributed by atoms with Crippen LogP contribution in [-0.2, 0) is 36.9 Å². The van der Waals surface area contributed by atoms with Gasteiger partial charge in [0.2, 0.25) is 5.91 Å². The van der Waals surface area contributed by atoms with Crippen molar-refractivity contribution >= 4 is 29.6 Å². The van der Waals surface area contributed by atoms with Crippen LogP contribution >= 0.6 is 0 Å². The van der Waals surface area contributed by atoms with Gasteiger partial charge in [0.05, 0.1) is 26.2 Å². The molecule has 1 amide bonds. The SMILES string of the molecule is CC.CC.CC(C)C(=O)CCc1ccccc1CNC(=O)CN1CCN(CC(=O)O)CCN(CC(=O)O)CCN(CC(=O)O)CC1. The zero-order valence-electron chi connectivity index (χ0n) is 28.7. The number of nitrogens with zero attached hydrogens (tertiary/aromatic N) is 4. The van der Waals surface area contributed by atoms with Gasteiger partial charge in [0.1, 0.15) is 5.78 Å². The average molecular weight is 652 g/mol. The first-order chi connectivity index (χ1) is 21.9. The fraction of sp³-hybridized carbons (Fsp3) is 0.667. The molecule has 46 heavy (non-hydrogen) atoms. The molecule has 1 saturated heterocycles. The number of hydrogen-bond donors (Lipinski definition) is 4. The Hall–Kier alpha value is -3.39. The molecule has 1 heterocycles. The van der Waals surface area contributed by atoms with Crippen LogP contribution in [-0.4, -0.2) is 143 Å². The molecule has 13 heteroatoms. The molecule has 0 saturated carbocycles. The van der Waals surface area contributed by atoms with Gasteiger partial charge in [0.15, 0.2) is 0 Å². The van der Waals surface area contributed by atoms with E-state index in [4.69, 9.17) is 0 Å². The zero-order valence-corrected chi connectivity index (χ0v) is 28.7. The lowest BCUT2D eigenvalue weighted by Gasteiger charge is -2.32. The third-order valence-corrected chi connectivity index (χ3v) is 7.25. The van der Waals surface area contributed by atoms with E-state index in [0.717, 1.165) is 11.1 Å². The van der Waals surface area contributed by atoms with Crippen molar-refractivity contribution in [3.8, 4) is 0 Å². The highest BCUT2D eigenvalue weighted by atomic mass is 16.4. The number of nitrogens with one attached hydrogen (secondary N) is 1. The lowest BCUT2D eigenvalue weighted by Crippen LogP contribution is -2.49. The van der Waals surface area contributed by atoms with Crippen molar-refractivity contribution in [2.45, 2.75) is 60.9 Å². The lowest BCUT2D eigenvalue weighted by molar-refractivity contribution is -0.140. The van der Waals surface area contributed by atoms with E-state index in [-0.39, 0.29) is 43.8 Å². The van der Waals surface area contributed by atoms with Crippen LogP contribution in [0.1, 0.15) is 59.1 Å². The minimum atomic E-state index is -1.01.